The van der Waals surface area contributed by atoms with Crippen molar-refractivity contribution in [2.45, 2.75) is 6.04 Å². The van der Waals surface area contributed by atoms with Crippen LogP contribution in [0.3, 0.4) is 0 Å². The number of ether oxygens (including phenoxy) is 2. The third kappa shape index (κ3) is 4.04. The zero-order valence-electron chi connectivity index (χ0n) is 18.1. The molecule has 2 N–H and O–H groups in total. The normalized spacial score (nSPS) is 17.2. The Balaban J connectivity index is 2.02. The molecule has 1 aliphatic heterocycles. The maximum absolute atomic E-state index is 13.3. The van der Waals surface area contributed by atoms with Gasteiger partial charge in [0.05, 0.1) is 36.4 Å². The van der Waals surface area contributed by atoms with Gasteiger partial charge in [-0.05, 0) is 42.0 Å². The van der Waals surface area contributed by atoms with Crippen LogP contribution in [0.4, 0.5) is 5.69 Å². The fourth-order valence-corrected chi connectivity index (χ4v) is 4.53. The van der Waals surface area contributed by atoms with Crippen molar-refractivity contribution in [3.05, 3.63) is 87.4 Å². The number of phenolic OH excluding ortho intramolecular Hbond substituents is 1. The Labute approximate surface area is 205 Å². The van der Waals surface area contributed by atoms with E-state index in [-0.39, 0.29) is 32.7 Å². The van der Waals surface area contributed by atoms with E-state index in [4.69, 9.17) is 32.7 Å². The van der Waals surface area contributed by atoms with E-state index in [1.54, 1.807) is 36.4 Å². The molecule has 1 aliphatic rings. The molecule has 34 heavy (non-hydrogen) atoms. The Morgan fingerprint density at radius 3 is 2.38 bits per heavy atom. The molecule has 0 radical (unpaired) electrons. The number of amides is 1. The minimum Gasteiger partial charge on any atom is -0.508 e. The summed E-state index contributed by atoms with van der Waals surface area (Å²) in [6.07, 6.45) is 0. The van der Waals surface area contributed by atoms with Gasteiger partial charge in [0.2, 0.25) is 0 Å². The number of ketones is 1. The molecule has 0 saturated carbocycles. The fourth-order valence-electron chi connectivity index (χ4n) is 3.96. The van der Waals surface area contributed by atoms with Crippen molar-refractivity contribution in [2.24, 2.45) is 0 Å². The highest BCUT2D eigenvalue weighted by atomic mass is 35.5. The van der Waals surface area contributed by atoms with Crippen LogP contribution >= 0.6 is 23.2 Å². The summed E-state index contributed by atoms with van der Waals surface area (Å²) in [5, 5.41) is 21.7. The van der Waals surface area contributed by atoms with Gasteiger partial charge in [-0.2, -0.15) is 0 Å². The van der Waals surface area contributed by atoms with E-state index < -0.39 is 23.5 Å². The van der Waals surface area contributed by atoms with Crippen LogP contribution in [-0.2, 0) is 9.59 Å². The summed E-state index contributed by atoms with van der Waals surface area (Å²) in [4.78, 5) is 27.8. The number of anilines is 1. The number of aliphatic hydroxyl groups is 1. The van der Waals surface area contributed by atoms with Gasteiger partial charge in [-0.3, -0.25) is 14.5 Å². The molecule has 1 saturated heterocycles. The average molecular weight is 500 g/mol. The number of methoxy groups -OCH3 is 2. The van der Waals surface area contributed by atoms with Crippen LogP contribution in [0.1, 0.15) is 17.2 Å². The van der Waals surface area contributed by atoms with Crippen molar-refractivity contribution in [1.29, 1.82) is 0 Å². The first-order valence-electron chi connectivity index (χ1n) is 10.0. The maximum atomic E-state index is 13.3. The van der Waals surface area contributed by atoms with E-state index in [0.717, 1.165) is 0 Å². The van der Waals surface area contributed by atoms with Crippen LogP contribution < -0.4 is 14.4 Å². The molecule has 0 spiro atoms. The van der Waals surface area contributed by atoms with Gasteiger partial charge in [0.25, 0.3) is 11.7 Å². The quantitative estimate of drug-likeness (QED) is 0.279. The van der Waals surface area contributed by atoms with Gasteiger partial charge < -0.3 is 19.7 Å². The monoisotopic (exact) mass is 499 g/mol. The Kier molecular flexibility index (Phi) is 6.41. The Bertz CT molecular complexity index is 1340. The molecular weight excluding hydrogens is 481 g/mol. The Morgan fingerprint density at radius 2 is 1.71 bits per heavy atom. The summed E-state index contributed by atoms with van der Waals surface area (Å²) in [5.74, 6) is -1.82. The fraction of sp³-hybridized carbons (Fsp3) is 0.120. The highest BCUT2D eigenvalue weighted by Gasteiger charge is 2.47. The second-order valence-corrected chi connectivity index (χ2v) is 8.28. The molecular formula is C25H19Cl2NO6. The lowest BCUT2D eigenvalue weighted by molar-refractivity contribution is -0.132. The molecule has 9 heteroatoms. The molecule has 3 aromatic rings. The molecule has 0 bridgehead atoms. The zero-order valence-corrected chi connectivity index (χ0v) is 19.6. The second kappa shape index (κ2) is 9.29. The first-order chi connectivity index (χ1) is 16.3. The molecule has 1 heterocycles. The van der Waals surface area contributed by atoms with Gasteiger partial charge in [0.1, 0.15) is 23.0 Å². The molecule has 7 nitrogen and oxygen atoms in total. The van der Waals surface area contributed by atoms with Gasteiger partial charge in [0.15, 0.2) is 0 Å². The van der Waals surface area contributed by atoms with Crippen molar-refractivity contribution in [3.63, 3.8) is 0 Å². The van der Waals surface area contributed by atoms with Gasteiger partial charge in [-0.1, -0.05) is 41.4 Å². The third-order valence-electron chi connectivity index (χ3n) is 5.43. The number of nitrogens with zero attached hydrogens (tertiary/aromatic N) is 1. The van der Waals surface area contributed by atoms with E-state index >= 15 is 0 Å². The predicted molar refractivity (Wildman–Crippen MR) is 129 cm³/mol. The van der Waals surface area contributed by atoms with Crippen LogP contribution in [0.25, 0.3) is 5.76 Å². The summed E-state index contributed by atoms with van der Waals surface area (Å²) in [5.41, 5.74) is 0.601. The first kappa shape index (κ1) is 23.5. The number of carbonyl (C=O) groups excluding carboxylic acids is 2. The van der Waals surface area contributed by atoms with Crippen LogP contribution in [0.5, 0.6) is 17.2 Å². The minimum atomic E-state index is -1.07. The first-order valence-corrected chi connectivity index (χ1v) is 10.8. The van der Waals surface area contributed by atoms with Gasteiger partial charge >= 0.3 is 0 Å². The van der Waals surface area contributed by atoms with Crippen LogP contribution in [0, 0.1) is 0 Å². The standard InChI is InChI=1S/C25H19Cl2NO6/c1-33-17-8-4-6-15(12-17)28-21(13-5-3-7-16(29)9-13)20(23(31)25(28)32)22(30)18-10-14(26)11-19(27)24(18)34-2/h3-12,21,29-30H,1-2H3/b22-20+. The number of phenols is 1. The van der Waals surface area contributed by atoms with E-state index in [2.05, 4.69) is 0 Å². The number of rotatable bonds is 5. The lowest BCUT2D eigenvalue weighted by Crippen LogP contribution is -2.29. The van der Waals surface area contributed by atoms with Crippen LogP contribution in [0.2, 0.25) is 10.0 Å². The maximum Gasteiger partial charge on any atom is 0.300 e. The minimum absolute atomic E-state index is 0.0498. The molecule has 1 unspecified atom stereocenters. The molecule has 0 aliphatic carbocycles. The topological polar surface area (TPSA) is 96.3 Å². The predicted octanol–water partition coefficient (Wildman–Crippen LogP) is 5.34. The van der Waals surface area contributed by atoms with Crippen LogP contribution in [0.15, 0.2) is 66.2 Å². The van der Waals surface area contributed by atoms with E-state index in [9.17, 15) is 19.8 Å². The Hall–Kier alpha value is -3.68. The highest BCUT2D eigenvalue weighted by Crippen LogP contribution is 2.45. The smallest absolute Gasteiger partial charge is 0.300 e. The number of aromatic hydroxyl groups is 1. The van der Waals surface area contributed by atoms with Gasteiger partial charge in [-0.15, -0.1) is 0 Å². The van der Waals surface area contributed by atoms with Crippen molar-refractivity contribution >= 4 is 46.3 Å². The van der Waals surface area contributed by atoms with E-state index in [0.29, 0.717) is 17.0 Å². The second-order valence-electron chi connectivity index (χ2n) is 7.43. The highest BCUT2D eigenvalue weighted by molar-refractivity contribution is 6.52. The average Bonchev–Trinajstić information content (AvgIpc) is 3.08. The molecule has 4 rings (SSSR count). The molecule has 3 aromatic carbocycles. The molecule has 1 fully saturated rings. The largest absolute Gasteiger partial charge is 0.508 e. The number of halogens is 2. The van der Waals surface area contributed by atoms with Crippen molar-refractivity contribution in [3.8, 4) is 17.2 Å². The number of aliphatic hydroxyl groups excluding tert-OH is 1. The zero-order chi connectivity index (χ0) is 24.6. The number of carbonyl (C=O) groups is 2. The number of hydrogen-bond donors (Lipinski definition) is 2. The number of Topliss-reactive ketones (excluding diaryl/α,β-unsaturated/α-hetero) is 1. The van der Waals surface area contributed by atoms with Crippen molar-refractivity contribution < 1.29 is 29.3 Å². The lowest BCUT2D eigenvalue weighted by atomic mass is 9.94. The summed E-state index contributed by atoms with van der Waals surface area (Å²) in [6.45, 7) is 0. The van der Waals surface area contributed by atoms with E-state index in [1.165, 1.54) is 43.4 Å². The van der Waals surface area contributed by atoms with E-state index in [1.807, 2.05) is 0 Å². The molecule has 174 valence electrons. The molecule has 1 atom stereocenters. The lowest BCUT2D eigenvalue weighted by Gasteiger charge is -2.26. The van der Waals surface area contributed by atoms with Crippen LogP contribution in [-0.4, -0.2) is 36.1 Å². The summed E-state index contributed by atoms with van der Waals surface area (Å²) in [7, 11) is 2.84. The summed E-state index contributed by atoms with van der Waals surface area (Å²) >= 11 is 12.4. The van der Waals surface area contributed by atoms with Crippen molar-refractivity contribution in [2.75, 3.05) is 19.1 Å². The Morgan fingerprint density at radius 1 is 0.971 bits per heavy atom. The van der Waals surface area contributed by atoms with Gasteiger partial charge in [0, 0.05) is 16.8 Å². The summed E-state index contributed by atoms with van der Waals surface area (Å²) in [6, 6.07) is 14.4. The number of benzene rings is 3. The van der Waals surface area contributed by atoms with Crippen molar-refractivity contribution in [1.82, 2.24) is 0 Å². The summed E-state index contributed by atoms with van der Waals surface area (Å²) < 4.78 is 10.6. The van der Waals surface area contributed by atoms with Gasteiger partial charge in [-0.25, -0.2) is 0 Å². The number of hydrogen-bond acceptors (Lipinski definition) is 6. The molecule has 1 amide bonds. The third-order valence-corrected chi connectivity index (χ3v) is 5.93. The molecule has 0 aromatic heterocycles. The SMILES string of the molecule is COc1cccc(N2C(=O)C(=O)/C(=C(/O)c3cc(Cl)cc(Cl)c3OC)C2c2cccc(O)c2)c1.